The van der Waals surface area contributed by atoms with Crippen LogP contribution < -0.4 is 24.4 Å². The second kappa shape index (κ2) is 19.0. The van der Waals surface area contributed by atoms with Crippen molar-refractivity contribution in [3.8, 4) is 22.6 Å². The third kappa shape index (κ3) is 11.5. The van der Waals surface area contributed by atoms with E-state index in [1.165, 1.54) is 23.9 Å². The van der Waals surface area contributed by atoms with Gasteiger partial charge in [-0.3, -0.25) is 9.69 Å². The number of ether oxygens (including phenoxy) is 2. The van der Waals surface area contributed by atoms with E-state index in [0.717, 1.165) is 83.6 Å². The highest BCUT2D eigenvalue weighted by atomic mass is 32.2. The number of hydrogen-bond donors (Lipinski definition) is 2. The lowest BCUT2D eigenvalue weighted by Crippen LogP contribution is -2.46. The highest BCUT2D eigenvalue weighted by Gasteiger charge is 2.35. The van der Waals surface area contributed by atoms with Gasteiger partial charge >= 0.3 is 6.18 Å². The number of rotatable bonds is 16. The Hall–Kier alpha value is -5.18. The van der Waals surface area contributed by atoms with Gasteiger partial charge in [-0.25, -0.2) is 13.1 Å². The van der Waals surface area contributed by atoms with Crippen LogP contribution in [0.15, 0.2) is 125 Å². The zero-order valence-electron chi connectivity index (χ0n) is 32.6. The van der Waals surface area contributed by atoms with E-state index in [1.54, 1.807) is 12.1 Å². The molecule has 0 radical (unpaired) electrons. The summed E-state index contributed by atoms with van der Waals surface area (Å²) in [6, 6.07) is 33.0. The highest BCUT2D eigenvalue weighted by molar-refractivity contribution is 7.99. The van der Waals surface area contributed by atoms with E-state index >= 15 is 0 Å². The fourth-order valence-electron chi connectivity index (χ4n) is 6.63. The number of nitrogens with zero attached hydrogens (tertiary/aromatic N) is 2. The molecule has 0 unspecified atom stereocenters. The van der Waals surface area contributed by atoms with E-state index in [4.69, 9.17) is 9.47 Å². The SMILES string of the molecule is CCOc1cccc(-c2cc(CN3CCN(c4ccc(C(=O)NS(=O)(=O)c5ccc(NCCSc6ccccc6)c(C(F)(F)F)c5)cc4)CC3)cc(OC(C)C)c2)c1. The number of sulfonamides is 1. The molecule has 1 aliphatic heterocycles. The number of nitrogens with one attached hydrogen (secondary N) is 2. The first kappa shape index (κ1) is 42.4. The van der Waals surface area contributed by atoms with Crippen molar-refractivity contribution in [1.29, 1.82) is 0 Å². The number of amides is 1. The summed E-state index contributed by atoms with van der Waals surface area (Å²) in [6.07, 6.45) is -4.81. The van der Waals surface area contributed by atoms with Gasteiger partial charge in [-0.2, -0.15) is 13.2 Å². The second-order valence-electron chi connectivity index (χ2n) is 14.0. The van der Waals surface area contributed by atoms with Crippen LogP contribution in [0.4, 0.5) is 24.5 Å². The van der Waals surface area contributed by atoms with Crippen LogP contribution in [0.25, 0.3) is 11.1 Å². The number of halogens is 3. The molecule has 6 rings (SSSR count). The number of benzene rings is 5. The van der Waals surface area contributed by atoms with Gasteiger partial charge in [0, 0.05) is 66.9 Å². The first-order chi connectivity index (χ1) is 27.8. The summed E-state index contributed by atoms with van der Waals surface area (Å²) < 4.78 is 82.2. The van der Waals surface area contributed by atoms with E-state index in [9.17, 15) is 26.4 Å². The Morgan fingerprint density at radius 2 is 1.55 bits per heavy atom. The molecule has 0 spiro atoms. The standard InChI is InChI=1S/C44H47F3N4O5S2/c1-4-55-37-10-8-9-34(27-37)35-25-32(26-38(28-35)56-31(2)3)30-50-20-22-51(23-21-50)36-15-13-33(14-16-36)43(52)49-58(53,54)40-17-18-42(41(29-40)44(45,46)47)48-19-24-57-39-11-6-5-7-12-39/h5-18,25-29,31,48H,4,19-24,30H2,1-3H3,(H,49,52). The molecule has 2 N–H and O–H groups in total. The van der Waals surface area contributed by atoms with Crippen molar-refractivity contribution >= 4 is 39.1 Å². The van der Waals surface area contributed by atoms with Crippen molar-refractivity contribution in [2.45, 2.75) is 49.4 Å². The minimum atomic E-state index is -4.83. The lowest BCUT2D eigenvalue weighted by atomic mass is 10.0. The summed E-state index contributed by atoms with van der Waals surface area (Å²) in [5.41, 5.74) is 2.76. The van der Waals surface area contributed by atoms with E-state index in [0.29, 0.717) is 18.4 Å². The Morgan fingerprint density at radius 3 is 2.24 bits per heavy atom. The summed E-state index contributed by atoms with van der Waals surface area (Å²) >= 11 is 1.48. The molecule has 1 fully saturated rings. The number of alkyl halides is 3. The maximum absolute atomic E-state index is 14.0. The molecule has 306 valence electrons. The minimum absolute atomic E-state index is 0.0232. The molecular weight excluding hydrogens is 786 g/mol. The quantitative estimate of drug-likeness (QED) is 0.0745. The van der Waals surface area contributed by atoms with Crippen LogP contribution in [0.5, 0.6) is 11.5 Å². The van der Waals surface area contributed by atoms with Gasteiger partial charge in [0.2, 0.25) is 0 Å². The summed E-state index contributed by atoms with van der Waals surface area (Å²) in [5, 5.41) is 2.76. The average molecular weight is 833 g/mol. The van der Waals surface area contributed by atoms with E-state index in [1.807, 2.05) is 74.0 Å². The lowest BCUT2D eigenvalue weighted by molar-refractivity contribution is -0.137. The van der Waals surface area contributed by atoms with Gasteiger partial charge in [0.15, 0.2) is 0 Å². The van der Waals surface area contributed by atoms with Gasteiger partial charge in [-0.05, 0) is 122 Å². The molecule has 1 amide bonds. The van der Waals surface area contributed by atoms with Crippen molar-refractivity contribution in [2.75, 3.05) is 55.3 Å². The van der Waals surface area contributed by atoms with Gasteiger partial charge in [0.25, 0.3) is 15.9 Å². The molecule has 5 aromatic carbocycles. The fourth-order valence-corrected chi connectivity index (χ4v) is 8.42. The van der Waals surface area contributed by atoms with Gasteiger partial charge < -0.3 is 19.7 Å². The molecular formula is C44H47F3N4O5S2. The fraction of sp³-hybridized carbons (Fsp3) is 0.295. The number of carbonyl (C=O) groups excluding carboxylic acids is 1. The predicted molar refractivity (Wildman–Crippen MR) is 224 cm³/mol. The number of hydrogen-bond acceptors (Lipinski definition) is 9. The van der Waals surface area contributed by atoms with Crippen molar-refractivity contribution in [3.63, 3.8) is 0 Å². The smallest absolute Gasteiger partial charge is 0.418 e. The van der Waals surface area contributed by atoms with Crippen LogP contribution >= 0.6 is 11.8 Å². The van der Waals surface area contributed by atoms with Gasteiger partial charge in [-0.1, -0.05) is 30.3 Å². The number of carbonyl (C=O) groups is 1. The van der Waals surface area contributed by atoms with Gasteiger partial charge in [-0.15, -0.1) is 11.8 Å². The van der Waals surface area contributed by atoms with Crippen LogP contribution in [0.1, 0.15) is 42.3 Å². The van der Waals surface area contributed by atoms with E-state index in [2.05, 4.69) is 39.4 Å². The van der Waals surface area contributed by atoms with Crippen molar-refractivity contribution in [3.05, 3.63) is 132 Å². The first-order valence-corrected chi connectivity index (χ1v) is 21.6. The van der Waals surface area contributed by atoms with Gasteiger partial charge in [0.1, 0.15) is 11.5 Å². The summed E-state index contributed by atoms with van der Waals surface area (Å²) in [4.78, 5) is 17.9. The monoisotopic (exact) mass is 832 g/mol. The van der Waals surface area contributed by atoms with Crippen LogP contribution in [0.2, 0.25) is 0 Å². The van der Waals surface area contributed by atoms with Crippen molar-refractivity contribution < 1.29 is 35.9 Å². The average Bonchev–Trinajstić information content (AvgIpc) is 3.19. The number of piperazine rings is 1. The molecule has 1 saturated heterocycles. The number of thioether (sulfide) groups is 1. The minimum Gasteiger partial charge on any atom is -0.494 e. The predicted octanol–water partition coefficient (Wildman–Crippen LogP) is 9.20. The van der Waals surface area contributed by atoms with E-state index < -0.39 is 32.6 Å². The molecule has 0 saturated carbocycles. The highest BCUT2D eigenvalue weighted by Crippen LogP contribution is 2.37. The summed E-state index contributed by atoms with van der Waals surface area (Å²) in [5.74, 6) is 1.16. The largest absolute Gasteiger partial charge is 0.494 e. The summed E-state index contributed by atoms with van der Waals surface area (Å²) in [7, 11) is -4.62. The molecule has 5 aromatic rings. The molecule has 0 aromatic heterocycles. The second-order valence-corrected chi connectivity index (χ2v) is 16.9. The van der Waals surface area contributed by atoms with Crippen LogP contribution in [-0.4, -0.2) is 70.4 Å². The Bertz CT molecular complexity index is 2270. The molecule has 9 nitrogen and oxygen atoms in total. The van der Waals surface area contributed by atoms with Crippen molar-refractivity contribution in [2.24, 2.45) is 0 Å². The van der Waals surface area contributed by atoms with Crippen LogP contribution in [-0.2, 0) is 22.7 Å². The Kier molecular flexibility index (Phi) is 13.9. The zero-order valence-corrected chi connectivity index (χ0v) is 34.2. The molecule has 58 heavy (non-hydrogen) atoms. The number of anilines is 2. The summed E-state index contributed by atoms with van der Waals surface area (Å²) in [6.45, 7) is 10.5. The van der Waals surface area contributed by atoms with Crippen molar-refractivity contribution in [1.82, 2.24) is 9.62 Å². The Labute approximate surface area is 342 Å². The molecule has 0 bridgehead atoms. The Morgan fingerprint density at radius 1 is 0.828 bits per heavy atom. The lowest BCUT2D eigenvalue weighted by Gasteiger charge is -2.36. The normalized spacial score (nSPS) is 13.7. The zero-order chi connectivity index (χ0) is 41.3. The maximum Gasteiger partial charge on any atom is 0.418 e. The molecule has 0 aliphatic carbocycles. The molecule has 1 heterocycles. The van der Waals surface area contributed by atoms with E-state index in [-0.39, 0.29) is 23.9 Å². The molecule has 0 atom stereocenters. The maximum atomic E-state index is 14.0. The Balaban J connectivity index is 1.05. The van der Waals surface area contributed by atoms with Crippen LogP contribution in [0.3, 0.4) is 0 Å². The molecule has 14 heteroatoms. The molecule has 1 aliphatic rings. The third-order valence-corrected chi connectivity index (χ3v) is 11.7. The topological polar surface area (TPSA) is 100 Å². The first-order valence-electron chi connectivity index (χ1n) is 19.1. The third-order valence-electron chi connectivity index (χ3n) is 9.35. The van der Waals surface area contributed by atoms with Crippen LogP contribution in [0, 0.1) is 0 Å². The van der Waals surface area contributed by atoms with Gasteiger partial charge in [0.05, 0.1) is 23.2 Å².